The van der Waals surface area contributed by atoms with E-state index in [1.807, 2.05) is 37.3 Å². The second kappa shape index (κ2) is 10.8. The second-order valence-electron chi connectivity index (χ2n) is 8.21. The average molecular weight is 478 g/mol. The van der Waals surface area contributed by atoms with E-state index in [9.17, 15) is 14.4 Å². The van der Waals surface area contributed by atoms with Gasteiger partial charge < -0.3 is 19.3 Å². The zero-order valence-electron chi connectivity index (χ0n) is 19.7. The molecule has 0 unspecified atom stereocenters. The Balaban J connectivity index is 1.51. The van der Waals surface area contributed by atoms with Gasteiger partial charge in [0.05, 0.1) is 36.3 Å². The van der Waals surface area contributed by atoms with Crippen molar-refractivity contribution in [2.75, 3.05) is 26.7 Å². The first-order valence-electron chi connectivity index (χ1n) is 11.3. The third kappa shape index (κ3) is 5.48. The average Bonchev–Trinajstić information content (AvgIpc) is 3.36. The number of nitrogens with zero attached hydrogens (tertiary/aromatic N) is 5. The lowest BCUT2D eigenvalue weighted by Gasteiger charge is -2.27. The number of esters is 1. The molecule has 0 aliphatic carbocycles. The molecule has 1 aliphatic rings. The highest BCUT2D eigenvalue weighted by molar-refractivity contribution is 6.01. The van der Waals surface area contributed by atoms with Crippen molar-refractivity contribution >= 4 is 18.0 Å². The number of rotatable bonds is 5. The van der Waals surface area contributed by atoms with Crippen LogP contribution in [0.2, 0.25) is 0 Å². The number of hydrogen-bond donors (Lipinski definition) is 0. The van der Waals surface area contributed by atoms with Crippen molar-refractivity contribution in [3.8, 4) is 5.69 Å². The summed E-state index contributed by atoms with van der Waals surface area (Å²) in [6, 6.07) is 14.0. The van der Waals surface area contributed by atoms with Gasteiger partial charge in [0, 0.05) is 25.7 Å². The van der Waals surface area contributed by atoms with E-state index in [1.54, 1.807) is 21.9 Å². The Morgan fingerprint density at radius 1 is 1.00 bits per heavy atom. The third-order valence-electron chi connectivity index (χ3n) is 5.97. The first kappa shape index (κ1) is 23.9. The van der Waals surface area contributed by atoms with Crippen molar-refractivity contribution in [2.24, 2.45) is 0 Å². The minimum Gasteiger partial charge on any atom is -0.465 e. The van der Waals surface area contributed by atoms with Crippen molar-refractivity contribution in [3.05, 3.63) is 77.6 Å². The van der Waals surface area contributed by atoms with Crippen LogP contribution < -0.4 is 0 Å². The zero-order chi connectivity index (χ0) is 24.8. The van der Waals surface area contributed by atoms with E-state index in [-0.39, 0.29) is 29.7 Å². The number of benzene rings is 2. The lowest BCUT2D eigenvalue weighted by molar-refractivity contribution is 0.0600. The molecule has 1 atom stereocenters. The van der Waals surface area contributed by atoms with Crippen LogP contribution in [0.4, 0.5) is 4.79 Å². The molecule has 1 aromatic heterocycles. The van der Waals surface area contributed by atoms with Crippen LogP contribution >= 0.6 is 0 Å². The fourth-order valence-corrected chi connectivity index (χ4v) is 3.98. The number of carbonyl (C=O) groups is 3. The molecule has 182 valence electrons. The molecule has 1 fully saturated rings. The Kier molecular flexibility index (Phi) is 7.39. The van der Waals surface area contributed by atoms with E-state index >= 15 is 0 Å². The monoisotopic (exact) mass is 477 g/mol. The molecule has 2 heterocycles. The lowest BCUT2D eigenvalue weighted by atomic mass is 10.1. The number of hydrogen-bond acceptors (Lipinski definition) is 7. The van der Waals surface area contributed by atoms with E-state index in [4.69, 9.17) is 9.47 Å². The Morgan fingerprint density at radius 3 is 2.46 bits per heavy atom. The van der Waals surface area contributed by atoms with Crippen LogP contribution in [0, 0.1) is 0 Å². The highest BCUT2D eigenvalue weighted by atomic mass is 16.6. The number of ether oxygens (including phenoxy) is 2. The summed E-state index contributed by atoms with van der Waals surface area (Å²) in [4.78, 5) is 43.1. The summed E-state index contributed by atoms with van der Waals surface area (Å²) >= 11 is 0. The highest BCUT2D eigenvalue weighted by Gasteiger charge is 2.30. The van der Waals surface area contributed by atoms with Gasteiger partial charge in [-0.25, -0.2) is 9.59 Å². The number of aromatic nitrogens is 3. The summed E-state index contributed by atoms with van der Waals surface area (Å²) in [5.41, 5.74) is 1.88. The quantitative estimate of drug-likeness (QED) is 0.520. The molecule has 0 N–H and O–H groups in total. The molecule has 2 amide bonds. The normalized spacial score (nSPS) is 15.9. The molecule has 0 spiro atoms. The molecule has 0 bridgehead atoms. The van der Waals surface area contributed by atoms with Gasteiger partial charge in [-0.1, -0.05) is 30.3 Å². The second-order valence-corrected chi connectivity index (χ2v) is 8.21. The van der Waals surface area contributed by atoms with Crippen LogP contribution in [0.15, 0.2) is 60.9 Å². The summed E-state index contributed by atoms with van der Waals surface area (Å²) in [6.45, 7) is 3.24. The van der Waals surface area contributed by atoms with Gasteiger partial charge in [-0.3, -0.25) is 4.79 Å². The van der Waals surface area contributed by atoms with Crippen LogP contribution in [0.3, 0.4) is 0 Å². The van der Waals surface area contributed by atoms with Gasteiger partial charge in [-0.15, -0.1) is 0 Å². The van der Waals surface area contributed by atoms with Crippen LogP contribution in [0.5, 0.6) is 0 Å². The number of amides is 2. The van der Waals surface area contributed by atoms with E-state index in [0.29, 0.717) is 31.7 Å². The molecule has 1 aliphatic heterocycles. The van der Waals surface area contributed by atoms with Crippen LogP contribution in [-0.2, 0) is 16.1 Å². The Hall–Kier alpha value is -4.21. The maximum Gasteiger partial charge on any atom is 0.410 e. The number of carbonyl (C=O) groups excluding carboxylic acids is 3. The zero-order valence-corrected chi connectivity index (χ0v) is 19.7. The topological polar surface area (TPSA) is 107 Å². The van der Waals surface area contributed by atoms with Gasteiger partial charge in [0.2, 0.25) is 0 Å². The molecular formula is C25H27N5O5. The molecule has 10 heteroatoms. The van der Waals surface area contributed by atoms with Gasteiger partial charge in [-0.05, 0) is 37.1 Å². The minimum atomic E-state index is -0.546. The molecule has 35 heavy (non-hydrogen) atoms. The first-order valence-corrected chi connectivity index (χ1v) is 11.3. The SMILES string of the molecule is COC(=O)c1ccc(-n2nccn2)c(C(=O)N2CCN(C(=O)OCc3ccccc3)CC[C@H]2C)c1. The van der Waals surface area contributed by atoms with Crippen molar-refractivity contribution in [2.45, 2.75) is 26.0 Å². The lowest BCUT2D eigenvalue weighted by Crippen LogP contribution is -2.41. The molecule has 0 saturated carbocycles. The van der Waals surface area contributed by atoms with Crippen LogP contribution in [-0.4, -0.2) is 75.5 Å². The van der Waals surface area contributed by atoms with Crippen molar-refractivity contribution in [3.63, 3.8) is 0 Å². The van der Waals surface area contributed by atoms with Gasteiger partial charge in [0.1, 0.15) is 6.61 Å². The summed E-state index contributed by atoms with van der Waals surface area (Å²) in [5.74, 6) is -0.828. The van der Waals surface area contributed by atoms with E-state index in [1.165, 1.54) is 30.4 Å². The summed E-state index contributed by atoms with van der Waals surface area (Å²) in [5, 5.41) is 8.27. The van der Waals surface area contributed by atoms with E-state index < -0.39 is 12.1 Å². The van der Waals surface area contributed by atoms with Gasteiger partial charge in [-0.2, -0.15) is 15.0 Å². The maximum absolute atomic E-state index is 13.7. The van der Waals surface area contributed by atoms with Gasteiger partial charge >= 0.3 is 12.1 Å². The van der Waals surface area contributed by atoms with Crippen LogP contribution in [0.25, 0.3) is 5.69 Å². The van der Waals surface area contributed by atoms with E-state index in [2.05, 4.69) is 10.2 Å². The first-order chi connectivity index (χ1) is 17.0. The van der Waals surface area contributed by atoms with Crippen molar-refractivity contribution in [1.29, 1.82) is 0 Å². The number of methoxy groups -OCH3 is 1. The highest BCUT2D eigenvalue weighted by Crippen LogP contribution is 2.22. The van der Waals surface area contributed by atoms with Crippen molar-refractivity contribution in [1.82, 2.24) is 24.8 Å². The molecule has 4 rings (SSSR count). The van der Waals surface area contributed by atoms with Gasteiger partial charge in [0.25, 0.3) is 5.91 Å². The predicted octanol–water partition coefficient (Wildman–Crippen LogP) is 2.93. The smallest absolute Gasteiger partial charge is 0.410 e. The molecule has 3 aromatic rings. The summed E-state index contributed by atoms with van der Waals surface area (Å²) in [7, 11) is 1.29. The van der Waals surface area contributed by atoms with Crippen LogP contribution in [0.1, 0.15) is 39.6 Å². The Labute approximate surface area is 203 Å². The standard InChI is InChI=1S/C25H27N5O5/c1-18-10-13-28(25(33)35-17-19-6-4-3-5-7-19)14-15-29(18)23(31)21-16-20(24(32)34-2)8-9-22(21)30-26-11-12-27-30/h3-9,11-12,16,18H,10,13-15,17H2,1-2H3/t18-/m1/s1. The summed E-state index contributed by atoms with van der Waals surface area (Å²) < 4.78 is 10.3. The molecule has 10 nitrogen and oxygen atoms in total. The Bertz CT molecular complexity index is 1180. The minimum absolute atomic E-state index is 0.144. The molecule has 2 aromatic carbocycles. The molecular weight excluding hydrogens is 450 g/mol. The molecule has 1 saturated heterocycles. The largest absolute Gasteiger partial charge is 0.465 e. The maximum atomic E-state index is 13.7. The predicted molar refractivity (Wildman–Crippen MR) is 126 cm³/mol. The Morgan fingerprint density at radius 2 is 1.74 bits per heavy atom. The van der Waals surface area contributed by atoms with E-state index in [0.717, 1.165) is 5.56 Å². The summed E-state index contributed by atoms with van der Waals surface area (Å²) in [6.07, 6.45) is 3.19. The van der Waals surface area contributed by atoms with Crippen molar-refractivity contribution < 1.29 is 23.9 Å². The molecule has 0 radical (unpaired) electrons. The fourth-order valence-electron chi connectivity index (χ4n) is 3.98. The third-order valence-corrected chi connectivity index (χ3v) is 5.97. The van der Waals surface area contributed by atoms with Gasteiger partial charge in [0.15, 0.2) is 0 Å². The fraction of sp³-hybridized carbons (Fsp3) is 0.320.